The summed E-state index contributed by atoms with van der Waals surface area (Å²) in [7, 11) is 0. The molecule has 0 spiro atoms. The minimum atomic E-state index is -1.40. The molecule has 8 heteroatoms. The molecule has 7 N–H and O–H groups in total. The molecule has 1 rings (SSSR count). The lowest BCUT2D eigenvalue weighted by Crippen LogP contribution is -2.55. The number of carbonyl (C=O) groups excluding carboxylic acids is 3. The molecule has 0 aliphatic carbocycles. The van der Waals surface area contributed by atoms with Crippen LogP contribution in [0.5, 0.6) is 0 Å². The number of hydrogen-bond acceptors (Lipinski definition) is 6. The maximum atomic E-state index is 14.0. The summed E-state index contributed by atoms with van der Waals surface area (Å²) >= 11 is 0. The van der Waals surface area contributed by atoms with Crippen LogP contribution in [-0.4, -0.2) is 29.3 Å². The number of hydroxylamine groups is 1. The number of hydrogen-bond donors (Lipinski definition) is 5. The first-order valence-corrected chi connectivity index (χ1v) is 11.5. The highest BCUT2D eigenvalue weighted by Gasteiger charge is 2.53. The van der Waals surface area contributed by atoms with Crippen LogP contribution >= 0.6 is 0 Å². The molecule has 2 amide bonds. The first-order chi connectivity index (χ1) is 15.5. The van der Waals surface area contributed by atoms with Crippen molar-refractivity contribution in [2.75, 3.05) is 6.54 Å². The number of Topliss-reactive ketones (excluding diaryl/α,β-unsaturated/α-hetero) is 1. The Morgan fingerprint density at radius 2 is 1.64 bits per heavy atom. The fourth-order valence-corrected chi connectivity index (χ4v) is 4.54. The largest absolute Gasteiger partial charge is 0.330 e. The van der Waals surface area contributed by atoms with Crippen molar-refractivity contribution in [3.63, 3.8) is 0 Å². The van der Waals surface area contributed by atoms with Gasteiger partial charge in [-0.15, -0.1) is 0 Å². The first-order valence-electron chi connectivity index (χ1n) is 11.5. The van der Waals surface area contributed by atoms with Gasteiger partial charge < -0.3 is 5.73 Å². The van der Waals surface area contributed by atoms with Crippen molar-refractivity contribution in [1.29, 1.82) is 0 Å². The zero-order valence-electron chi connectivity index (χ0n) is 20.4. The van der Waals surface area contributed by atoms with Gasteiger partial charge in [-0.3, -0.25) is 25.0 Å². The van der Waals surface area contributed by atoms with E-state index in [2.05, 4.69) is 5.43 Å². The molecule has 0 radical (unpaired) electrons. The average Bonchev–Trinajstić information content (AvgIpc) is 2.80. The molecule has 2 unspecified atom stereocenters. The summed E-state index contributed by atoms with van der Waals surface area (Å²) in [6, 6.07) is 9.39. The third kappa shape index (κ3) is 7.48. The number of nitrogens with two attached hydrogens (primary N) is 2. The zero-order chi connectivity index (χ0) is 25.2. The molecule has 0 fully saturated rings. The van der Waals surface area contributed by atoms with Crippen LogP contribution in [0.3, 0.4) is 0 Å². The maximum absolute atomic E-state index is 14.0. The summed E-state index contributed by atoms with van der Waals surface area (Å²) in [5.74, 6) is 1.17. The lowest BCUT2D eigenvalue weighted by molar-refractivity contribution is -0.152. The molecule has 1 aromatic carbocycles. The number of rotatable bonds is 13. The number of ketones is 1. The highest BCUT2D eigenvalue weighted by molar-refractivity contribution is 5.98. The van der Waals surface area contributed by atoms with E-state index in [0.29, 0.717) is 6.42 Å². The lowest BCUT2D eigenvalue weighted by Gasteiger charge is -2.42. The van der Waals surface area contributed by atoms with Gasteiger partial charge in [-0.1, -0.05) is 77.1 Å². The van der Waals surface area contributed by atoms with Crippen molar-refractivity contribution < 1.29 is 19.6 Å². The van der Waals surface area contributed by atoms with E-state index in [0.717, 1.165) is 5.56 Å². The Morgan fingerprint density at radius 3 is 2.09 bits per heavy atom. The Hall–Kier alpha value is -2.55. The van der Waals surface area contributed by atoms with Crippen LogP contribution in [0.15, 0.2) is 36.4 Å². The summed E-state index contributed by atoms with van der Waals surface area (Å²) in [6.45, 7) is 9.52. The number of allylic oxidation sites excluding steroid dienone is 1. The second-order valence-electron chi connectivity index (χ2n) is 9.58. The van der Waals surface area contributed by atoms with Crippen molar-refractivity contribution in [1.82, 2.24) is 10.9 Å². The number of benzene rings is 1. The van der Waals surface area contributed by atoms with Gasteiger partial charge in [0.05, 0.1) is 17.3 Å². The molecule has 0 saturated carbocycles. The van der Waals surface area contributed by atoms with Crippen LogP contribution in [-0.2, 0) is 14.4 Å². The molecule has 0 heterocycles. The third-order valence-electron chi connectivity index (χ3n) is 5.93. The van der Waals surface area contributed by atoms with E-state index in [4.69, 9.17) is 11.6 Å². The minimum Gasteiger partial charge on any atom is -0.330 e. The third-order valence-corrected chi connectivity index (χ3v) is 5.93. The molecule has 184 valence electrons. The van der Waals surface area contributed by atoms with E-state index >= 15 is 0 Å². The number of carbonyl (C=O) groups is 3. The smallest absolute Gasteiger partial charge is 0.248 e. The van der Waals surface area contributed by atoms with Gasteiger partial charge in [0.2, 0.25) is 11.8 Å². The van der Waals surface area contributed by atoms with E-state index < -0.39 is 35.0 Å². The Morgan fingerprint density at radius 1 is 1.03 bits per heavy atom. The first kappa shape index (κ1) is 28.5. The number of nitrogens with one attached hydrogen (secondary N) is 2. The van der Waals surface area contributed by atoms with Gasteiger partial charge in [0.15, 0.2) is 0 Å². The zero-order valence-corrected chi connectivity index (χ0v) is 20.4. The predicted molar refractivity (Wildman–Crippen MR) is 129 cm³/mol. The van der Waals surface area contributed by atoms with Gasteiger partial charge in [-0.2, -0.15) is 0 Å². The van der Waals surface area contributed by atoms with Crippen molar-refractivity contribution in [3.8, 4) is 0 Å². The van der Waals surface area contributed by atoms with Crippen molar-refractivity contribution in [2.24, 2.45) is 46.6 Å². The van der Waals surface area contributed by atoms with Gasteiger partial charge in [-0.25, -0.2) is 11.3 Å². The fraction of sp³-hybridized carbons (Fsp3) is 0.560. The summed E-state index contributed by atoms with van der Waals surface area (Å²) in [5, 5.41) is 9.68. The van der Waals surface area contributed by atoms with Crippen LogP contribution in [0.1, 0.15) is 53.0 Å². The molecule has 0 aromatic heterocycles. The molecule has 0 bridgehead atoms. The summed E-state index contributed by atoms with van der Waals surface area (Å²) in [4.78, 5) is 40.1. The standard InChI is InChI=1S/C25H40N4O4/c1-16(2)13-20(23(31)28-27)21(24(32)29-33)25(14-17(3)4,22(30)18(5)15-26)12-11-19-9-7-6-8-10-19/h6-12,16-18,20-21,33H,13-15,26-27H2,1-5H3,(H,28,31)(H,29,32)/b12-11+/t18?,20-,21-,25?/m1/s1. The Balaban J connectivity index is 3.92. The maximum Gasteiger partial charge on any atom is 0.248 e. The van der Waals surface area contributed by atoms with E-state index in [1.54, 1.807) is 24.6 Å². The van der Waals surface area contributed by atoms with Gasteiger partial charge in [0, 0.05) is 12.5 Å². The lowest BCUT2D eigenvalue weighted by atomic mass is 9.59. The molecule has 1 aromatic rings. The molecule has 4 atom stereocenters. The van der Waals surface area contributed by atoms with E-state index in [-0.39, 0.29) is 30.6 Å². The quantitative estimate of drug-likeness (QED) is 0.132. The Kier molecular flexibility index (Phi) is 11.4. The number of hydrazine groups is 1. The molecule has 0 aliphatic heterocycles. The molecular weight excluding hydrogens is 420 g/mol. The molecule has 0 saturated heterocycles. The molecule has 8 nitrogen and oxygen atoms in total. The van der Waals surface area contributed by atoms with Gasteiger partial charge in [0.1, 0.15) is 5.78 Å². The summed E-state index contributed by atoms with van der Waals surface area (Å²) in [6.07, 6.45) is 4.08. The Labute approximate surface area is 197 Å². The molecular formula is C25H40N4O4. The second-order valence-corrected chi connectivity index (χ2v) is 9.58. The van der Waals surface area contributed by atoms with Gasteiger partial charge in [0.25, 0.3) is 0 Å². The van der Waals surface area contributed by atoms with Crippen LogP contribution in [0, 0.1) is 35.0 Å². The fourth-order valence-electron chi connectivity index (χ4n) is 4.54. The van der Waals surface area contributed by atoms with Gasteiger partial charge in [-0.05, 0) is 30.2 Å². The summed E-state index contributed by atoms with van der Waals surface area (Å²) < 4.78 is 0. The normalized spacial score (nSPS) is 16.3. The van der Waals surface area contributed by atoms with E-state index in [1.807, 2.05) is 58.0 Å². The Bertz CT molecular complexity index is 810. The van der Waals surface area contributed by atoms with Crippen molar-refractivity contribution in [2.45, 2.75) is 47.5 Å². The van der Waals surface area contributed by atoms with Crippen LogP contribution in [0.2, 0.25) is 0 Å². The summed E-state index contributed by atoms with van der Waals surface area (Å²) in [5.41, 5.74) is 9.16. The van der Waals surface area contributed by atoms with Crippen molar-refractivity contribution in [3.05, 3.63) is 42.0 Å². The van der Waals surface area contributed by atoms with E-state index in [9.17, 15) is 19.6 Å². The molecule has 0 aliphatic rings. The SMILES string of the molecule is CC(C)C[C@@H](C(=O)NN)[C@H](C(=O)NO)C(/C=C/c1ccccc1)(CC(C)C)C(=O)C(C)CN. The topological polar surface area (TPSA) is 148 Å². The average molecular weight is 461 g/mol. The monoisotopic (exact) mass is 460 g/mol. The van der Waals surface area contributed by atoms with E-state index in [1.165, 1.54) is 0 Å². The second kappa shape index (κ2) is 13.2. The van der Waals surface area contributed by atoms with Crippen molar-refractivity contribution >= 4 is 23.7 Å². The predicted octanol–water partition coefficient (Wildman–Crippen LogP) is 2.67. The van der Waals surface area contributed by atoms with Crippen LogP contribution < -0.4 is 22.5 Å². The van der Waals surface area contributed by atoms with Gasteiger partial charge >= 0.3 is 0 Å². The molecule has 33 heavy (non-hydrogen) atoms. The highest BCUT2D eigenvalue weighted by atomic mass is 16.5. The minimum absolute atomic E-state index is 0.00558. The van der Waals surface area contributed by atoms with Crippen LogP contribution in [0.4, 0.5) is 0 Å². The highest BCUT2D eigenvalue weighted by Crippen LogP contribution is 2.45. The number of amides is 2. The van der Waals surface area contributed by atoms with Crippen LogP contribution in [0.25, 0.3) is 6.08 Å².